The number of benzene rings is 1. The number of hydrogen-bond acceptors (Lipinski definition) is 2. The molecule has 0 bridgehead atoms. The van der Waals surface area contributed by atoms with E-state index in [1.165, 1.54) is 43.4 Å². The number of hydrogen-bond donors (Lipinski definition) is 1. The molecule has 1 nitrogen and oxygen atoms in total. The molecule has 0 aromatic heterocycles. The molecule has 1 atom stereocenters. The number of aliphatic hydroxyl groups is 1. The normalized spacial score (nSPS) is 18.7. The average Bonchev–Trinajstić information content (AvgIpc) is 2.45. The molecule has 0 aliphatic heterocycles. The van der Waals surface area contributed by atoms with E-state index in [4.69, 9.17) is 0 Å². The molecular weight excluding hydrogens is 240 g/mol. The number of thioether (sulfide) groups is 1. The van der Waals surface area contributed by atoms with Gasteiger partial charge in [-0.05, 0) is 30.9 Å². The highest BCUT2D eigenvalue weighted by Crippen LogP contribution is 2.28. The second kappa shape index (κ2) is 7.85. The first-order valence-electron chi connectivity index (χ1n) is 7.20. The Morgan fingerprint density at radius 3 is 2.56 bits per heavy atom. The summed E-state index contributed by atoms with van der Waals surface area (Å²) in [6.45, 7) is 0. The Labute approximate surface area is 115 Å². The van der Waals surface area contributed by atoms with Gasteiger partial charge in [-0.3, -0.25) is 0 Å². The quantitative estimate of drug-likeness (QED) is 0.763. The number of rotatable bonds is 6. The maximum atomic E-state index is 10.0. The van der Waals surface area contributed by atoms with Crippen LogP contribution in [0.5, 0.6) is 0 Å². The fourth-order valence-electron chi connectivity index (χ4n) is 2.70. The molecule has 1 aliphatic carbocycles. The minimum absolute atomic E-state index is 0.142. The molecular formula is C16H24OS. The summed E-state index contributed by atoms with van der Waals surface area (Å²) >= 11 is 1.77. The molecule has 0 saturated heterocycles. The van der Waals surface area contributed by atoms with Crippen LogP contribution in [0.3, 0.4) is 0 Å². The first-order chi connectivity index (χ1) is 8.84. The van der Waals surface area contributed by atoms with Crippen molar-refractivity contribution in [3.63, 3.8) is 0 Å². The summed E-state index contributed by atoms with van der Waals surface area (Å²) in [6, 6.07) is 10.4. The van der Waals surface area contributed by atoms with Gasteiger partial charge in [-0.2, -0.15) is 0 Å². The van der Waals surface area contributed by atoms with Crippen LogP contribution < -0.4 is 0 Å². The average molecular weight is 264 g/mol. The zero-order valence-electron chi connectivity index (χ0n) is 11.1. The predicted octanol–water partition coefficient (Wildman–Crippen LogP) is 4.50. The van der Waals surface area contributed by atoms with Crippen LogP contribution >= 0.6 is 11.8 Å². The van der Waals surface area contributed by atoms with Crippen LogP contribution in [0.1, 0.15) is 44.9 Å². The van der Waals surface area contributed by atoms with Crippen LogP contribution in [0.2, 0.25) is 0 Å². The molecule has 1 N–H and O–H groups in total. The van der Waals surface area contributed by atoms with E-state index in [0.29, 0.717) is 0 Å². The summed E-state index contributed by atoms with van der Waals surface area (Å²) in [5, 5.41) is 10.0. The largest absolute Gasteiger partial charge is 0.392 e. The zero-order chi connectivity index (χ0) is 12.6. The topological polar surface area (TPSA) is 20.2 Å². The fraction of sp³-hybridized carbons (Fsp3) is 0.625. The molecule has 1 unspecified atom stereocenters. The summed E-state index contributed by atoms with van der Waals surface area (Å²) in [7, 11) is 0. The van der Waals surface area contributed by atoms with Crippen LogP contribution in [0.4, 0.5) is 0 Å². The van der Waals surface area contributed by atoms with Crippen molar-refractivity contribution in [3.8, 4) is 0 Å². The van der Waals surface area contributed by atoms with E-state index < -0.39 is 0 Å². The van der Waals surface area contributed by atoms with Crippen molar-refractivity contribution in [2.75, 3.05) is 5.75 Å². The zero-order valence-corrected chi connectivity index (χ0v) is 11.9. The van der Waals surface area contributed by atoms with E-state index in [0.717, 1.165) is 18.1 Å². The highest BCUT2D eigenvalue weighted by molar-refractivity contribution is 7.99. The smallest absolute Gasteiger partial charge is 0.0634 e. The van der Waals surface area contributed by atoms with Gasteiger partial charge in [0.1, 0.15) is 0 Å². The lowest BCUT2D eigenvalue weighted by Crippen LogP contribution is -2.14. The van der Waals surface area contributed by atoms with E-state index in [1.54, 1.807) is 11.8 Å². The molecule has 1 saturated carbocycles. The summed E-state index contributed by atoms with van der Waals surface area (Å²) in [5.41, 5.74) is 0. The summed E-state index contributed by atoms with van der Waals surface area (Å²) in [5.74, 6) is 1.71. The van der Waals surface area contributed by atoms with Gasteiger partial charge >= 0.3 is 0 Å². The molecule has 0 spiro atoms. The molecule has 1 aromatic carbocycles. The first-order valence-corrected chi connectivity index (χ1v) is 8.19. The maximum absolute atomic E-state index is 10.0. The van der Waals surface area contributed by atoms with Gasteiger partial charge in [0.05, 0.1) is 6.10 Å². The van der Waals surface area contributed by atoms with Crippen LogP contribution in [0, 0.1) is 5.92 Å². The van der Waals surface area contributed by atoms with Crippen molar-refractivity contribution in [2.45, 2.75) is 55.9 Å². The standard InChI is InChI=1S/C16H24OS/c17-15(12-11-14-7-3-1-4-8-14)13-18-16-9-5-2-6-10-16/h2,5-6,9-10,14-15,17H,1,3-4,7-8,11-13H2. The molecule has 1 aliphatic rings. The van der Waals surface area contributed by atoms with E-state index in [9.17, 15) is 5.11 Å². The molecule has 0 radical (unpaired) electrons. The predicted molar refractivity (Wildman–Crippen MR) is 79.0 cm³/mol. The van der Waals surface area contributed by atoms with Crippen LogP contribution in [0.15, 0.2) is 35.2 Å². The Morgan fingerprint density at radius 1 is 1.11 bits per heavy atom. The van der Waals surface area contributed by atoms with Crippen molar-refractivity contribution in [3.05, 3.63) is 30.3 Å². The Kier molecular flexibility index (Phi) is 6.09. The fourth-order valence-corrected chi connectivity index (χ4v) is 3.60. The molecule has 2 heteroatoms. The number of aliphatic hydroxyl groups excluding tert-OH is 1. The third-order valence-electron chi connectivity index (χ3n) is 3.82. The van der Waals surface area contributed by atoms with Gasteiger partial charge < -0.3 is 5.11 Å². The Hall–Kier alpha value is -0.470. The summed E-state index contributed by atoms with van der Waals surface area (Å²) in [6.07, 6.45) is 9.05. The minimum atomic E-state index is -0.142. The second-order valence-corrected chi connectivity index (χ2v) is 6.45. The van der Waals surface area contributed by atoms with E-state index in [-0.39, 0.29) is 6.10 Å². The van der Waals surface area contributed by atoms with Crippen molar-refractivity contribution >= 4 is 11.8 Å². The molecule has 1 aromatic rings. The van der Waals surface area contributed by atoms with Gasteiger partial charge in [-0.25, -0.2) is 0 Å². The highest BCUT2D eigenvalue weighted by Gasteiger charge is 2.15. The molecule has 2 rings (SSSR count). The van der Waals surface area contributed by atoms with Crippen molar-refractivity contribution in [1.82, 2.24) is 0 Å². The highest BCUT2D eigenvalue weighted by atomic mass is 32.2. The van der Waals surface area contributed by atoms with Gasteiger partial charge in [-0.1, -0.05) is 50.3 Å². The second-order valence-electron chi connectivity index (χ2n) is 5.36. The van der Waals surface area contributed by atoms with E-state index >= 15 is 0 Å². The van der Waals surface area contributed by atoms with Crippen LogP contribution in [0.25, 0.3) is 0 Å². The molecule has 18 heavy (non-hydrogen) atoms. The first kappa shape index (κ1) is 14.0. The van der Waals surface area contributed by atoms with Gasteiger partial charge in [0.15, 0.2) is 0 Å². The lowest BCUT2D eigenvalue weighted by Gasteiger charge is -2.22. The summed E-state index contributed by atoms with van der Waals surface area (Å²) in [4.78, 5) is 1.26. The van der Waals surface area contributed by atoms with Crippen molar-refractivity contribution in [2.24, 2.45) is 5.92 Å². The van der Waals surface area contributed by atoms with E-state index in [1.807, 2.05) is 6.07 Å². The molecule has 1 fully saturated rings. The minimum Gasteiger partial charge on any atom is -0.392 e. The van der Waals surface area contributed by atoms with Crippen LogP contribution in [-0.2, 0) is 0 Å². The lowest BCUT2D eigenvalue weighted by molar-refractivity contribution is 0.171. The van der Waals surface area contributed by atoms with Crippen LogP contribution in [-0.4, -0.2) is 17.0 Å². The third-order valence-corrected chi connectivity index (χ3v) is 4.98. The third kappa shape index (κ3) is 5.03. The van der Waals surface area contributed by atoms with Gasteiger partial charge in [-0.15, -0.1) is 11.8 Å². The Balaban J connectivity index is 1.61. The Morgan fingerprint density at radius 2 is 1.83 bits per heavy atom. The Bertz CT molecular complexity index is 319. The summed E-state index contributed by atoms with van der Waals surface area (Å²) < 4.78 is 0. The maximum Gasteiger partial charge on any atom is 0.0634 e. The molecule has 0 amide bonds. The molecule has 0 heterocycles. The van der Waals surface area contributed by atoms with Gasteiger partial charge in [0, 0.05) is 10.6 Å². The lowest BCUT2D eigenvalue weighted by atomic mass is 9.85. The van der Waals surface area contributed by atoms with Gasteiger partial charge in [0.2, 0.25) is 0 Å². The SMILES string of the molecule is OC(CCC1CCCCC1)CSc1ccccc1. The van der Waals surface area contributed by atoms with Gasteiger partial charge in [0.25, 0.3) is 0 Å². The van der Waals surface area contributed by atoms with E-state index in [2.05, 4.69) is 24.3 Å². The monoisotopic (exact) mass is 264 g/mol. The van der Waals surface area contributed by atoms with Crippen molar-refractivity contribution < 1.29 is 5.11 Å². The molecule has 100 valence electrons. The van der Waals surface area contributed by atoms with Crippen molar-refractivity contribution in [1.29, 1.82) is 0 Å².